The van der Waals surface area contributed by atoms with Crippen LogP contribution in [0.2, 0.25) is 0 Å². The predicted molar refractivity (Wildman–Crippen MR) is 113 cm³/mol. The van der Waals surface area contributed by atoms with E-state index in [1.165, 1.54) is 10.4 Å². The molecule has 174 valence electrons. The first-order valence-electron chi connectivity index (χ1n) is 10.6. The first-order chi connectivity index (χ1) is 15.1. The van der Waals surface area contributed by atoms with Gasteiger partial charge in [0, 0.05) is 43.7 Å². The molecule has 1 fully saturated rings. The number of nitrogens with zero attached hydrogens (tertiary/aromatic N) is 2. The van der Waals surface area contributed by atoms with Crippen molar-refractivity contribution in [3.8, 4) is 0 Å². The normalized spacial score (nSPS) is 19.0. The lowest BCUT2D eigenvalue weighted by atomic mass is 9.89. The van der Waals surface area contributed by atoms with E-state index in [0.29, 0.717) is 41.3 Å². The number of carboxylic acid groups (broad SMARTS) is 1. The second kappa shape index (κ2) is 8.57. The van der Waals surface area contributed by atoms with Crippen LogP contribution in [0.5, 0.6) is 0 Å². The molecule has 0 spiro atoms. The molecule has 1 aliphatic heterocycles. The number of hydrogen-bond acceptors (Lipinski definition) is 4. The van der Waals surface area contributed by atoms with Crippen molar-refractivity contribution in [2.24, 2.45) is 0 Å². The van der Waals surface area contributed by atoms with E-state index in [2.05, 4.69) is 0 Å². The van der Waals surface area contributed by atoms with Gasteiger partial charge in [-0.05, 0) is 36.1 Å². The Morgan fingerprint density at radius 2 is 1.91 bits per heavy atom. The lowest BCUT2D eigenvalue weighted by Gasteiger charge is -2.27. The zero-order valence-corrected chi connectivity index (χ0v) is 18.6. The number of fused-ring (bicyclic) bond motifs is 1. The number of rotatable bonds is 6. The van der Waals surface area contributed by atoms with Gasteiger partial charge in [-0.3, -0.25) is 4.79 Å². The monoisotopic (exact) mass is 468 g/mol. The first kappa shape index (κ1) is 22.9. The van der Waals surface area contributed by atoms with Gasteiger partial charge in [-0.2, -0.15) is 4.31 Å². The standard InChI is InChI=1S/C22H26F2N2O5S/c1-15-17(18-13-22(23,24)7-6-19(18)26(15)14-21(27)28)12-16-4-2-3-5-20(16)32(29,30)25-8-10-31-11-9-25/h2-5H,6-14H2,1H3,(H,27,28). The number of aromatic nitrogens is 1. The van der Waals surface area contributed by atoms with E-state index in [9.17, 15) is 27.1 Å². The summed E-state index contributed by atoms with van der Waals surface area (Å²) in [4.78, 5) is 11.5. The molecule has 1 saturated heterocycles. The number of halogens is 2. The zero-order chi connectivity index (χ0) is 23.1. The van der Waals surface area contributed by atoms with Gasteiger partial charge in [0.1, 0.15) is 6.54 Å². The molecule has 0 unspecified atom stereocenters. The van der Waals surface area contributed by atoms with Gasteiger partial charge in [0.2, 0.25) is 10.0 Å². The minimum Gasteiger partial charge on any atom is -0.480 e. The smallest absolute Gasteiger partial charge is 0.323 e. The molecule has 1 N–H and O–H groups in total. The minimum absolute atomic E-state index is 0.0875. The Hall–Kier alpha value is -2.30. The molecule has 0 radical (unpaired) electrons. The largest absolute Gasteiger partial charge is 0.480 e. The molecule has 0 bridgehead atoms. The van der Waals surface area contributed by atoms with E-state index < -0.39 is 28.3 Å². The number of sulfonamides is 1. The Bertz CT molecular complexity index is 1140. The maximum atomic E-state index is 14.3. The van der Waals surface area contributed by atoms with Crippen molar-refractivity contribution in [2.75, 3.05) is 26.3 Å². The van der Waals surface area contributed by atoms with Crippen molar-refractivity contribution in [3.63, 3.8) is 0 Å². The van der Waals surface area contributed by atoms with Gasteiger partial charge in [0.25, 0.3) is 5.92 Å². The third kappa shape index (κ3) is 4.31. The van der Waals surface area contributed by atoms with Gasteiger partial charge < -0.3 is 14.4 Å². The quantitative estimate of drug-likeness (QED) is 0.704. The average Bonchev–Trinajstić information content (AvgIpc) is 2.98. The molecular formula is C22H26F2N2O5S. The van der Waals surface area contributed by atoms with Crippen LogP contribution in [0.1, 0.15) is 34.5 Å². The van der Waals surface area contributed by atoms with E-state index >= 15 is 0 Å². The van der Waals surface area contributed by atoms with Crippen LogP contribution in [0.4, 0.5) is 8.78 Å². The van der Waals surface area contributed by atoms with E-state index in [0.717, 1.165) is 0 Å². The van der Waals surface area contributed by atoms with Gasteiger partial charge in [-0.15, -0.1) is 0 Å². The molecule has 2 aliphatic rings. The maximum Gasteiger partial charge on any atom is 0.323 e. The van der Waals surface area contributed by atoms with Crippen LogP contribution in [0, 0.1) is 6.92 Å². The second-order valence-corrected chi connectivity index (χ2v) is 10.2. The molecular weight excluding hydrogens is 442 g/mol. The van der Waals surface area contributed by atoms with Crippen LogP contribution in [0.15, 0.2) is 29.2 Å². The molecule has 2 heterocycles. The molecule has 0 atom stereocenters. The molecule has 4 rings (SSSR count). The summed E-state index contributed by atoms with van der Waals surface area (Å²) in [5.74, 6) is -3.92. The summed E-state index contributed by atoms with van der Waals surface area (Å²) in [7, 11) is -3.78. The van der Waals surface area contributed by atoms with Crippen LogP contribution in [0.25, 0.3) is 0 Å². The summed E-state index contributed by atoms with van der Waals surface area (Å²) in [5.41, 5.74) is 2.74. The van der Waals surface area contributed by atoms with Crippen LogP contribution < -0.4 is 0 Å². The van der Waals surface area contributed by atoms with Gasteiger partial charge in [-0.1, -0.05) is 18.2 Å². The number of alkyl halides is 2. The molecule has 10 heteroatoms. The van der Waals surface area contributed by atoms with E-state index in [4.69, 9.17) is 4.74 Å². The van der Waals surface area contributed by atoms with Gasteiger partial charge in [0.05, 0.1) is 18.1 Å². The van der Waals surface area contributed by atoms with Crippen LogP contribution in [-0.4, -0.2) is 60.6 Å². The Balaban J connectivity index is 1.77. The Kier molecular flexibility index (Phi) is 6.12. The molecule has 0 saturated carbocycles. The van der Waals surface area contributed by atoms with Crippen molar-refractivity contribution in [3.05, 3.63) is 52.3 Å². The molecule has 7 nitrogen and oxygen atoms in total. The van der Waals surface area contributed by atoms with Crippen molar-refractivity contribution < 1.29 is 31.8 Å². The lowest BCUT2D eigenvalue weighted by Crippen LogP contribution is -2.40. The van der Waals surface area contributed by atoms with E-state index in [1.807, 2.05) is 0 Å². The molecule has 1 aliphatic carbocycles. The average molecular weight is 469 g/mol. The number of carbonyl (C=O) groups is 1. The summed E-state index contributed by atoms with van der Waals surface area (Å²) in [6.07, 6.45) is -0.575. The van der Waals surface area contributed by atoms with Crippen LogP contribution in [-0.2, 0) is 45.4 Å². The highest BCUT2D eigenvalue weighted by Crippen LogP contribution is 2.39. The third-order valence-electron chi connectivity index (χ3n) is 6.26. The fourth-order valence-electron chi connectivity index (χ4n) is 4.67. The topological polar surface area (TPSA) is 88.8 Å². The Morgan fingerprint density at radius 1 is 1.22 bits per heavy atom. The molecule has 2 aromatic rings. The van der Waals surface area contributed by atoms with E-state index in [-0.39, 0.29) is 43.8 Å². The van der Waals surface area contributed by atoms with Crippen molar-refractivity contribution in [2.45, 2.75) is 50.0 Å². The maximum absolute atomic E-state index is 14.3. The highest BCUT2D eigenvalue weighted by molar-refractivity contribution is 7.89. The number of hydrogen-bond donors (Lipinski definition) is 1. The number of benzene rings is 1. The van der Waals surface area contributed by atoms with Gasteiger partial charge >= 0.3 is 5.97 Å². The van der Waals surface area contributed by atoms with Crippen LogP contribution in [0.3, 0.4) is 0 Å². The summed E-state index contributed by atoms with van der Waals surface area (Å²) in [6.45, 7) is 2.56. The van der Waals surface area contributed by atoms with Crippen LogP contribution >= 0.6 is 0 Å². The third-order valence-corrected chi connectivity index (χ3v) is 8.26. The molecule has 1 aromatic heterocycles. The first-order valence-corrected chi connectivity index (χ1v) is 12.0. The van der Waals surface area contributed by atoms with Gasteiger partial charge in [-0.25, -0.2) is 17.2 Å². The summed E-state index contributed by atoms with van der Waals surface area (Å²) >= 11 is 0. The SMILES string of the molecule is Cc1c(Cc2ccccc2S(=O)(=O)N2CCOCC2)c2c(n1CC(=O)O)CCC(F)(F)C2. The number of carboxylic acids is 1. The summed E-state index contributed by atoms with van der Waals surface area (Å²) in [6, 6.07) is 6.58. The predicted octanol–water partition coefficient (Wildman–Crippen LogP) is 2.62. The minimum atomic E-state index is -3.78. The second-order valence-electron chi connectivity index (χ2n) is 8.30. The Morgan fingerprint density at radius 3 is 2.59 bits per heavy atom. The molecule has 32 heavy (non-hydrogen) atoms. The van der Waals surface area contributed by atoms with Crippen molar-refractivity contribution >= 4 is 16.0 Å². The number of aliphatic carboxylic acids is 1. The van der Waals surface area contributed by atoms with E-state index in [1.54, 1.807) is 29.7 Å². The highest BCUT2D eigenvalue weighted by atomic mass is 32.2. The number of ether oxygens (including phenoxy) is 1. The number of morpholine rings is 1. The summed E-state index contributed by atoms with van der Waals surface area (Å²) < 4.78 is 63.4. The zero-order valence-electron chi connectivity index (χ0n) is 17.8. The van der Waals surface area contributed by atoms with Gasteiger partial charge in [0.15, 0.2) is 0 Å². The Labute approximate surface area is 185 Å². The van der Waals surface area contributed by atoms with Crippen molar-refractivity contribution in [1.82, 2.24) is 8.87 Å². The molecule has 1 aromatic carbocycles. The highest BCUT2D eigenvalue weighted by Gasteiger charge is 2.38. The summed E-state index contributed by atoms with van der Waals surface area (Å²) in [5, 5.41) is 9.33. The lowest BCUT2D eigenvalue weighted by molar-refractivity contribution is -0.137. The fraction of sp³-hybridized carbons (Fsp3) is 0.500. The van der Waals surface area contributed by atoms with Crippen molar-refractivity contribution in [1.29, 1.82) is 0 Å². The fourth-order valence-corrected chi connectivity index (χ4v) is 6.30. The molecule has 0 amide bonds.